The van der Waals surface area contributed by atoms with E-state index < -0.39 is 0 Å². The topological polar surface area (TPSA) is 95.7 Å². The van der Waals surface area contributed by atoms with Crippen LogP contribution in [0.3, 0.4) is 0 Å². The smallest absolute Gasteiger partial charge is 0.290 e. The second kappa shape index (κ2) is 13.2. The minimum atomic E-state index is -0.250. The number of amides is 1. The van der Waals surface area contributed by atoms with Crippen molar-refractivity contribution in [2.75, 3.05) is 25.0 Å². The fourth-order valence-corrected chi connectivity index (χ4v) is 3.13. The fraction of sp³-hybridized carbons (Fsp3) is 0.600. The normalized spacial score (nSPS) is 14.3. The van der Waals surface area contributed by atoms with Gasteiger partial charge in [0, 0.05) is 31.2 Å². The van der Waals surface area contributed by atoms with Crippen LogP contribution < -0.4 is 11.1 Å². The first-order valence-electron chi connectivity index (χ1n) is 9.55. The van der Waals surface area contributed by atoms with Crippen molar-refractivity contribution in [2.45, 2.75) is 57.9 Å². The first-order chi connectivity index (χ1) is 12.6. The molecule has 0 radical (unpaired) electrons. The summed E-state index contributed by atoms with van der Waals surface area (Å²) >= 11 is 0. The van der Waals surface area contributed by atoms with Gasteiger partial charge in [-0.1, -0.05) is 31.9 Å². The van der Waals surface area contributed by atoms with Gasteiger partial charge in [-0.3, -0.25) is 9.59 Å². The minimum Gasteiger partial charge on any atom is -0.483 e. The van der Waals surface area contributed by atoms with E-state index >= 15 is 0 Å². The van der Waals surface area contributed by atoms with E-state index in [1.807, 2.05) is 4.90 Å². The second-order valence-corrected chi connectivity index (χ2v) is 6.60. The van der Waals surface area contributed by atoms with Crippen molar-refractivity contribution >= 4 is 18.1 Å². The molecule has 1 aliphatic rings. The van der Waals surface area contributed by atoms with Gasteiger partial charge >= 0.3 is 0 Å². The average Bonchev–Trinajstić information content (AvgIpc) is 2.65. The lowest BCUT2D eigenvalue weighted by atomic mass is 10.0. The molecule has 146 valence electrons. The Bertz CT molecular complexity index is 512. The molecule has 0 bridgehead atoms. The number of hydrogen-bond donors (Lipinski definition) is 3. The number of carboxylic acid groups (broad SMARTS) is 1. The van der Waals surface area contributed by atoms with Crippen molar-refractivity contribution in [1.29, 1.82) is 0 Å². The highest BCUT2D eigenvalue weighted by Crippen LogP contribution is 2.18. The van der Waals surface area contributed by atoms with Crippen molar-refractivity contribution in [2.24, 2.45) is 5.73 Å². The molecule has 2 rings (SSSR count). The molecular weight excluding hydrogens is 330 g/mol. The number of nitrogens with one attached hydrogen (secondary N) is 1. The first kappa shape index (κ1) is 22.0. The zero-order valence-corrected chi connectivity index (χ0v) is 15.8. The van der Waals surface area contributed by atoms with E-state index in [-0.39, 0.29) is 6.47 Å². The number of anilines is 1. The Kier molecular flexibility index (Phi) is 11.1. The van der Waals surface area contributed by atoms with Crippen LogP contribution in [-0.2, 0) is 16.0 Å². The van der Waals surface area contributed by atoms with Crippen LogP contribution in [0.5, 0.6) is 0 Å². The first-order valence-corrected chi connectivity index (χ1v) is 9.55. The number of rotatable bonds is 8. The number of nitrogens with two attached hydrogens (primary N) is 1. The molecule has 0 spiro atoms. The molecule has 0 unspecified atom stereocenters. The molecule has 0 aromatic heterocycles. The van der Waals surface area contributed by atoms with Gasteiger partial charge < -0.3 is 21.1 Å². The predicted octanol–water partition coefficient (Wildman–Crippen LogP) is 2.87. The van der Waals surface area contributed by atoms with Gasteiger partial charge in [0.05, 0.1) is 0 Å². The number of benzene rings is 1. The third-order valence-electron chi connectivity index (χ3n) is 4.60. The summed E-state index contributed by atoms with van der Waals surface area (Å²) in [7, 11) is 0. The van der Waals surface area contributed by atoms with E-state index in [1.54, 1.807) is 0 Å². The molecule has 6 heteroatoms. The Morgan fingerprint density at radius 1 is 1.27 bits per heavy atom. The summed E-state index contributed by atoms with van der Waals surface area (Å²) in [5.74, 6) is 0.336. The van der Waals surface area contributed by atoms with Gasteiger partial charge in [-0.25, -0.2) is 0 Å². The van der Waals surface area contributed by atoms with Crippen LogP contribution in [-0.4, -0.2) is 48.1 Å². The molecule has 6 nitrogen and oxygen atoms in total. The molecule has 0 atom stereocenters. The van der Waals surface area contributed by atoms with Crippen LogP contribution in [0.4, 0.5) is 5.69 Å². The summed E-state index contributed by atoms with van der Waals surface area (Å²) < 4.78 is 0. The number of likely N-dealkylation sites (tertiary alicyclic amines) is 1. The van der Waals surface area contributed by atoms with Gasteiger partial charge in [0.2, 0.25) is 5.91 Å². The number of carbonyl (C=O) groups excluding carboxylic acids is 1. The maximum atomic E-state index is 12.1. The average molecular weight is 364 g/mol. The molecule has 0 saturated carbocycles. The summed E-state index contributed by atoms with van der Waals surface area (Å²) in [6.07, 6.45) is 7.07. The minimum absolute atomic E-state index is 0.250. The molecule has 1 aromatic rings. The monoisotopic (exact) mass is 363 g/mol. The van der Waals surface area contributed by atoms with Crippen molar-refractivity contribution in [1.82, 2.24) is 4.90 Å². The van der Waals surface area contributed by atoms with Crippen LogP contribution in [0.2, 0.25) is 0 Å². The summed E-state index contributed by atoms with van der Waals surface area (Å²) in [5.41, 5.74) is 8.02. The molecule has 1 fully saturated rings. The van der Waals surface area contributed by atoms with Crippen LogP contribution in [0.25, 0.3) is 0 Å². The van der Waals surface area contributed by atoms with Crippen molar-refractivity contribution < 1.29 is 14.7 Å². The quantitative estimate of drug-likeness (QED) is 0.487. The van der Waals surface area contributed by atoms with Crippen molar-refractivity contribution in [3.8, 4) is 0 Å². The predicted molar refractivity (Wildman–Crippen MR) is 105 cm³/mol. The van der Waals surface area contributed by atoms with E-state index in [0.717, 1.165) is 45.2 Å². The lowest BCUT2D eigenvalue weighted by molar-refractivity contribution is -0.132. The zero-order chi connectivity index (χ0) is 19.2. The third-order valence-corrected chi connectivity index (χ3v) is 4.60. The molecule has 0 aliphatic carbocycles. The molecule has 1 heterocycles. The number of nitrogens with zero attached hydrogens (tertiary/aromatic N) is 1. The number of piperidine rings is 1. The Labute approximate surface area is 156 Å². The summed E-state index contributed by atoms with van der Waals surface area (Å²) in [4.78, 5) is 22.5. The van der Waals surface area contributed by atoms with Gasteiger partial charge in [-0.05, 0) is 49.9 Å². The van der Waals surface area contributed by atoms with E-state index in [0.29, 0.717) is 24.9 Å². The van der Waals surface area contributed by atoms with Gasteiger partial charge in [-0.2, -0.15) is 0 Å². The zero-order valence-electron chi connectivity index (χ0n) is 15.8. The van der Waals surface area contributed by atoms with E-state index in [2.05, 4.69) is 36.5 Å². The molecule has 1 amide bonds. The lowest BCUT2D eigenvalue weighted by Gasteiger charge is -2.33. The number of unbranched alkanes of at least 4 members (excludes halogenated alkanes) is 2. The van der Waals surface area contributed by atoms with E-state index in [1.165, 1.54) is 17.7 Å². The molecule has 1 saturated heterocycles. The Balaban J connectivity index is 0.00000105. The maximum absolute atomic E-state index is 12.1. The Morgan fingerprint density at radius 3 is 2.42 bits per heavy atom. The van der Waals surface area contributed by atoms with E-state index in [9.17, 15) is 4.79 Å². The third kappa shape index (κ3) is 8.34. The molecule has 1 aliphatic heterocycles. The van der Waals surface area contributed by atoms with Gasteiger partial charge in [-0.15, -0.1) is 0 Å². The summed E-state index contributed by atoms with van der Waals surface area (Å²) in [6.45, 7) is 4.38. The van der Waals surface area contributed by atoms with Crippen LogP contribution in [0.1, 0.15) is 51.0 Å². The van der Waals surface area contributed by atoms with Crippen molar-refractivity contribution in [3.63, 3.8) is 0 Å². The Morgan fingerprint density at radius 2 is 1.88 bits per heavy atom. The summed E-state index contributed by atoms with van der Waals surface area (Å²) in [5, 5.41) is 10.5. The molecule has 26 heavy (non-hydrogen) atoms. The second-order valence-electron chi connectivity index (χ2n) is 6.60. The number of carbonyl (C=O) groups is 2. The standard InChI is InChI=1S/C19H31N3O.CH2O2/c1-2-3-4-5-19(23)22-14-11-18(12-15-22)21-17-8-6-16(7-9-17)10-13-20;2-1-3/h6-9,18,21H,2-5,10-15,20H2,1H3;1H,(H,2,3). The maximum Gasteiger partial charge on any atom is 0.290 e. The number of hydrogen-bond acceptors (Lipinski definition) is 4. The highest BCUT2D eigenvalue weighted by molar-refractivity contribution is 5.76. The molecule has 4 N–H and O–H groups in total. The highest BCUT2D eigenvalue weighted by Gasteiger charge is 2.22. The van der Waals surface area contributed by atoms with Gasteiger partial charge in [0.15, 0.2) is 0 Å². The van der Waals surface area contributed by atoms with Gasteiger partial charge in [0.1, 0.15) is 0 Å². The van der Waals surface area contributed by atoms with Crippen molar-refractivity contribution in [3.05, 3.63) is 29.8 Å². The fourth-order valence-electron chi connectivity index (χ4n) is 3.13. The van der Waals surface area contributed by atoms with Crippen LogP contribution in [0.15, 0.2) is 24.3 Å². The van der Waals surface area contributed by atoms with Crippen LogP contribution >= 0.6 is 0 Å². The summed E-state index contributed by atoms with van der Waals surface area (Å²) in [6, 6.07) is 9.01. The molecular formula is C20H33N3O3. The lowest BCUT2D eigenvalue weighted by Crippen LogP contribution is -2.42. The van der Waals surface area contributed by atoms with Gasteiger partial charge in [0.25, 0.3) is 6.47 Å². The molecule has 1 aromatic carbocycles. The van der Waals surface area contributed by atoms with E-state index in [4.69, 9.17) is 15.6 Å². The highest BCUT2D eigenvalue weighted by atomic mass is 16.3. The van der Waals surface area contributed by atoms with Crippen LogP contribution in [0, 0.1) is 0 Å². The SMILES string of the molecule is CCCCCC(=O)N1CCC(Nc2ccc(CCN)cc2)CC1.O=CO. The Hall–Kier alpha value is -2.08. The largest absolute Gasteiger partial charge is 0.483 e.